The molecule has 0 spiro atoms. The van der Waals surface area contributed by atoms with Crippen LogP contribution in [0.2, 0.25) is 0 Å². The molecule has 104 valence electrons. The number of thioether (sulfide) groups is 1. The van der Waals surface area contributed by atoms with Crippen molar-refractivity contribution in [2.24, 2.45) is 5.92 Å². The molecule has 1 rings (SSSR count). The van der Waals surface area contributed by atoms with Gasteiger partial charge in [-0.25, -0.2) is 4.79 Å². The Morgan fingerprint density at radius 2 is 2.00 bits per heavy atom. The molecule has 0 aromatic heterocycles. The summed E-state index contributed by atoms with van der Waals surface area (Å²) in [6, 6.07) is 0. The Hall–Kier alpha value is -0.710. The van der Waals surface area contributed by atoms with Gasteiger partial charge < -0.3 is 10.4 Å². The minimum absolute atomic E-state index is 0.101. The predicted octanol–water partition coefficient (Wildman–Crippen LogP) is 2.28. The van der Waals surface area contributed by atoms with E-state index in [4.69, 9.17) is 0 Å². The number of unbranched alkanes of at least 4 members (excludes halogenated alkanes) is 1. The highest BCUT2D eigenvalue weighted by Gasteiger charge is 2.41. The van der Waals surface area contributed by atoms with E-state index >= 15 is 0 Å². The second-order valence-electron chi connectivity index (χ2n) is 5.03. The summed E-state index contributed by atoms with van der Waals surface area (Å²) in [5, 5.41) is 12.2. The monoisotopic (exact) mass is 273 g/mol. The first-order chi connectivity index (χ1) is 8.52. The highest BCUT2D eigenvalue weighted by atomic mass is 32.2. The number of carbonyl (C=O) groups is 2. The lowest BCUT2D eigenvalue weighted by Crippen LogP contribution is -2.57. The number of carboxylic acid groups (broad SMARTS) is 1. The van der Waals surface area contributed by atoms with Gasteiger partial charge >= 0.3 is 5.97 Å². The summed E-state index contributed by atoms with van der Waals surface area (Å²) in [7, 11) is 0. The molecule has 1 atom stereocenters. The maximum atomic E-state index is 12.0. The van der Waals surface area contributed by atoms with Crippen molar-refractivity contribution in [2.75, 3.05) is 11.5 Å². The molecule has 4 nitrogen and oxygen atoms in total. The molecule has 0 bridgehead atoms. The predicted molar refractivity (Wildman–Crippen MR) is 73.8 cm³/mol. The van der Waals surface area contributed by atoms with Crippen LogP contribution >= 0.6 is 11.8 Å². The Labute approximate surface area is 113 Å². The fraction of sp³-hybridized carbons (Fsp3) is 0.846. The van der Waals surface area contributed by atoms with Gasteiger partial charge in [0.15, 0.2) is 0 Å². The largest absolute Gasteiger partial charge is 0.480 e. The average molecular weight is 273 g/mol. The van der Waals surface area contributed by atoms with Crippen molar-refractivity contribution in [3.8, 4) is 0 Å². The van der Waals surface area contributed by atoms with Gasteiger partial charge in [-0.05, 0) is 30.8 Å². The van der Waals surface area contributed by atoms with Crippen molar-refractivity contribution < 1.29 is 14.7 Å². The molecular weight excluding hydrogens is 250 g/mol. The highest BCUT2D eigenvalue weighted by Crippen LogP contribution is 2.28. The molecule has 5 heteroatoms. The first-order valence-electron chi connectivity index (χ1n) is 6.65. The number of aliphatic carboxylic acids is 1. The van der Waals surface area contributed by atoms with Crippen LogP contribution in [0.4, 0.5) is 0 Å². The summed E-state index contributed by atoms with van der Waals surface area (Å²) in [5.41, 5.74) is -1.02. The van der Waals surface area contributed by atoms with Crippen molar-refractivity contribution in [1.29, 1.82) is 0 Å². The van der Waals surface area contributed by atoms with Crippen LogP contribution in [0, 0.1) is 5.92 Å². The summed E-state index contributed by atoms with van der Waals surface area (Å²) in [4.78, 5) is 23.5. The van der Waals surface area contributed by atoms with E-state index in [0.717, 1.165) is 30.8 Å². The highest BCUT2D eigenvalue weighted by molar-refractivity contribution is 7.99. The maximum absolute atomic E-state index is 12.0. The summed E-state index contributed by atoms with van der Waals surface area (Å²) in [5.74, 6) is 0.499. The van der Waals surface area contributed by atoms with Gasteiger partial charge in [0, 0.05) is 5.92 Å². The van der Waals surface area contributed by atoms with Gasteiger partial charge in [-0.1, -0.05) is 26.7 Å². The number of rotatable bonds is 6. The third-order valence-electron chi connectivity index (χ3n) is 3.56. The van der Waals surface area contributed by atoms with Crippen molar-refractivity contribution in [3.05, 3.63) is 0 Å². The number of carbonyl (C=O) groups excluding carboxylic acids is 1. The Balaban J connectivity index is 2.60. The molecule has 1 aliphatic rings. The van der Waals surface area contributed by atoms with Gasteiger partial charge in [0.2, 0.25) is 5.91 Å². The lowest BCUT2D eigenvalue weighted by atomic mass is 9.91. The molecule has 1 heterocycles. The number of hydrogen-bond acceptors (Lipinski definition) is 3. The third kappa shape index (κ3) is 3.90. The molecule has 0 aliphatic carbocycles. The first kappa shape index (κ1) is 15.3. The summed E-state index contributed by atoms with van der Waals surface area (Å²) in [6.07, 6.45) is 3.94. The molecule has 0 aromatic rings. The molecule has 0 aromatic carbocycles. The van der Waals surface area contributed by atoms with Gasteiger partial charge in [-0.2, -0.15) is 11.8 Å². The topological polar surface area (TPSA) is 66.4 Å². The van der Waals surface area contributed by atoms with Gasteiger partial charge in [-0.15, -0.1) is 0 Å². The fourth-order valence-corrected chi connectivity index (χ4v) is 3.30. The molecule has 0 radical (unpaired) electrons. The van der Waals surface area contributed by atoms with Gasteiger partial charge in [0.25, 0.3) is 0 Å². The van der Waals surface area contributed by atoms with Crippen LogP contribution in [0.15, 0.2) is 0 Å². The standard InChI is InChI=1S/C13H23NO3S/c1-3-4-5-10(2)11(15)14-13(12(16)17)6-8-18-9-7-13/h10H,3-9H2,1-2H3,(H,14,15)(H,16,17). The van der Waals surface area contributed by atoms with Crippen molar-refractivity contribution in [3.63, 3.8) is 0 Å². The maximum Gasteiger partial charge on any atom is 0.329 e. The van der Waals surface area contributed by atoms with E-state index in [0.29, 0.717) is 12.8 Å². The fourth-order valence-electron chi connectivity index (χ4n) is 2.11. The minimum Gasteiger partial charge on any atom is -0.480 e. The van der Waals surface area contributed by atoms with Crippen molar-refractivity contribution in [2.45, 2.75) is 51.5 Å². The second-order valence-corrected chi connectivity index (χ2v) is 6.26. The minimum atomic E-state index is -1.02. The zero-order chi connectivity index (χ0) is 13.6. The Morgan fingerprint density at radius 3 is 2.50 bits per heavy atom. The Bertz CT molecular complexity index is 301. The van der Waals surface area contributed by atoms with Crippen molar-refractivity contribution in [1.82, 2.24) is 5.32 Å². The van der Waals surface area contributed by atoms with E-state index in [-0.39, 0.29) is 11.8 Å². The Morgan fingerprint density at radius 1 is 1.39 bits per heavy atom. The molecule has 1 amide bonds. The quantitative estimate of drug-likeness (QED) is 0.779. The lowest BCUT2D eigenvalue weighted by molar-refractivity contribution is -0.148. The number of amides is 1. The van der Waals surface area contributed by atoms with E-state index < -0.39 is 11.5 Å². The molecule has 2 N–H and O–H groups in total. The average Bonchev–Trinajstić information content (AvgIpc) is 2.36. The van der Waals surface area contributed by atoms with Gasteiger partial charge in [-0.3, -0.25) is 4.79 Å². The Kier molecular flexibility index (Phi) is 5.99. The molecule has 1 fully saturated rings. The third-order valence-corrected chi connectivity index (χ3v) is 4.54. The van der Waals surface area contributed by atoms with Crippen LogP contribution in [0.5, 0.6) is 0 Å². The summed E-state index contributed by atoms with van der Waals surface area (Å²) in [6.45, 7) is 3.96. The lowest BCUT2D eigenvalue weighted by Gasteiger charge is -2.34. The number of hydrogen-bond donors (Lipinski definition) is 2. The molecule has 1 unspecified atom stereocenters. The molecule has 18 heavy (non-hydrogen) atoms. The SMILES string of the molecule is CCCCC(C)C(=O)NC1(C(=O)O)CCSCC1. The van der Waals surface area contributed by atoms with Crippen LogP contribution in [0.1, 0.15) is 46.0 Å². The van der Waals surface area contributed by atoms with Crippen LogP contribution in [-0.2, 0) is 9.59 Å². The van der Waals surface area contributed by atoms with E-state index in [9.17, 15) is 14.7 Å². The van der Waals surface area contributed by atoms with Gasteiger partial charge in [0.1, 0.15) is 5.54 Å². The first-order valence-corrected chi connectivity index (χ1v) is 7.80. The van der Waals surface area contributed by atoms with E-state index in [1.165, 1.54) is 0 Å². The summed E-state index contributed by atoms with van der Waals surface area (Å²) >= 11 is 1.75. The van der Waals surface area contributed by atoms with E-state index in [1.807, 2.05) is 6.92 Å². The zero-order valence-corrected chi connectivity index (χ0v) is 12.0. The van der Waals surface area contributed by atoms with Crippen LogP contribution < -0.4 is 5.32 Å². The smallest absolute Gasteiger partial charge is 0.329 e. The van der Waals surface area contributed by atoms with Crippen molar-refractivity contribution >= 4 is 23.6 Å². The molecular formula is C13H23NO3S. The van der Waals surface area contributed by atoms with Crippen LogP contribution in [-0.4, -0.2) is 34.0 Å². The van der Waals surface area contributed by atoms with Crippen LogP contribution in [0.25, 0.3) is 0 Å². The second kappa shape index (κ2) is 7.02. The number of nitrogens with one attached hydrogen (secondary N) is 1. The normalized spacial score (nSPS) is 20.1. The number of carboxylic acids is 1. The molecule has 0 saturated carbocycles. The van der Waals surface area contributed by atoms with Crippen LogP contribution in [0.3, 0.4) is 0 Å². The molecule has 1 aliphatic heterocycles. The van der Waals surface area contributed by atoms with Gasteiger partial charge in [0.05, 0.1) is 0 Å². The van der Waals surface area contributed by atoms with E-state index in [2.05, 4.69) is 12.2 Å². The molecule has 1 saturated heterocycles. The van der Waals surface area contributed by atoms with E-state index in [1.54, 1.807) is 11.8 Å². The zero-order valence-electron chi connectivity index (χ0n) is 11.2. The summed E-state index contributed by atoms with van der Waals surface area (Å²) < 4.78 is 0.